The molecule has 0 radical (unpaired) electrons. The SMILES string of the molecule is CC(NC(=O)c1ccco1)C(=O)OCc1nc2ccccc2s1. The Kier molecular flexibility index (Phi) is 4.38. The number of carbonyl (C=O) groups is 2. The Balaban J connectivity index is 1.55. The predicted molar refractivity (Wildman–Crippen MR) is 85.1 cm³/mol. The van der Waals surface area contributed by atoms with Crippen molar-refractivity contribution in [3.8, 4) is 0 Å². The fourth-order valence-corrected chi connectivity index (χ4v) is 2.85. The van der Waals surface area contributed by atoms with Gasteiger partial charge in [-0.25, -0.2) is 9.78 Å². The second-order valence-corrected chi connectivity index (χ2v) is 5.97. The van der Waals surface area contributed by atoms with Gasteiger partial charge in [-0.3, -0.25) is 4.79 Å². The van der Waals surface area contributed by atoms with Gasteiger partial charge in [-0.05, 0) is 31.2 Å². The molecule has 0 saturated carbocycles. The number of fused-ring (bicyclic) bond motifs is 1. The van der Waals surface area contributed by atoms with Crippen molar-refractivity contribution < 1.29 is 18.7 Å². The van der Waals surface area contributed by atoms with Crippen LogP contribution in [0.2, 0.25) is 0 Å². The van der Waals surface area contributed by atoms with E-state index < -0.39 is 17.9 Å². The normalized spacial score (nSPS) is 12.0. The van der Waals surface area contributed by atoms with Crippen LogP contribution in [0.3, 0.4) is 0 Å². The van der Waals surface area contributed by atoms with E-state index >= 15 is 0 Å². The number of esters is 1. The Bertz CT molecular complexity index is 793. The number of nitrogens with zero attached hydrogens (tertiary/aromatic N) is 1. The molecule has 118 valence electrons. The summed E-state index contributed by atoms with van der Waals surface area (Å²) in [4.78, 5) is 28.1. The molecule has 3 rings (SSSR count). The molecule has 3 aromatic rings. The number of para-hydroxylation sites is 1. The topological polar surface area (TPSA) is 81.4 Å². The van der Waals surface area contributed by atoms with Gasteiger partial charge in [0.1, 0.15) is 17.7 Å². The molecule has 1 N–H and O–H groups in total. The van der Waals surface area contributed by atoms with Crippen molar-refractivity contribution in [2.75, 3.05) is 0 Å². The summed E-state index contributed by atoms with van der Waals surface area (Å²) >= 11 is 1.47. The van der Waals surface area contributed by atoms with E-state index in [0.717, 1.165) is 10.2 Å². The molecule has 0 fully saturated rings. The van der Waals surface area contributed by atoms with Gasteiger partial charge in [0.2, 0.25) is 0 Å². The Morgan fingerprint density at radius 1 is 1.30 bits per heavy atom. The van der Waals surface area contributed by atoms with Crippen LogP contribution in [0.5, 0.6) is 0 Å². The molecule has 0 aliphatic carbocycles. The Labute approximate surface area is 136 Å². The lowest BCUT2D eigenvalue weighted by molar-refractivity contribution is -0.146. The van der Waals surface area contributed by atoms with Crippen LogP contribution >= 0.6 is 11.3 Å². The summed E-state index contributed by atoms with van der Waals surface area (Å²) in [6.07, 6.45) is 1.39. The quantitative estimate of drug-likeness (QED) is 0.728. The summed E-state index contributed by atoms with van der Waals surface area (Å²) < 4.78 is 11.2. The second-order valence-electron chi connectivity index (χ2n) is 4.86. The largest absolute Gasteiger partial charge is 0.459 e. The fraction of sp³-hybridized carbons (Fsp3) is 0.188. The molecular weight excluding hydrogens is 316 g/mol. The molecule has 6 nitrogen and oxygen atoms in total. The number of hydrogen-bond donors (Lipinski definition) is 1. The van der Waals surface area contributed by atoms with E-state index in [4.69, 9.17) is 9.15 Å². The minimum atomic E-state index is -0.776. The zero-order valence-electron chi connectivity index (χ0n) is 12.3. The fourth-order valence-electron chi connectivity index (χ4n) is 1.97. The maximum atomic E-state index is 11.9. The van der Waals surface area contributed by atoms with Crippen molar-refractivity contribution in [2.24, 2.45) is 0 Å². The number of hydrogen-bond acceptors (Lipinski definition) is 6. The first-order valence-electron chi connectivity index (χ1n) is 6.99. The molecule has 1 aromatic carbocycles. The third-order valence-corrected chi connectivity index (χ3v) is 4.13. The molecule has 0 aliphatic rings. The lowest BCUT2D eigenvalue weighted by Crippen LogP contribution is -2.39. The lowest BCUT2D eigenvalue weighted by atomic mass is 10.3. The van der Waals surface area contributed by atoms with Crippen LogP contribution in [0, 0.1) is 0 Å². The van der Waals surface area contributed by atoms with Gasteiger partial charge in [0.15, 0.2) is 5.76 Å². The summed E-state index contributed by atoms with van der Waals surface area (Å²) in [5.74, 6) is -0.834. The number of thiazole rings is 1. The Hall–Kier alpha value is -2.67. The minimum absolute atomic E-state index is 0.0825. The molecular formula is C16H14N2O4S. The Morgan fingerprint density at radius 2 is 2.13 bits per heavy atom. The summed E-state index contributed by atoms with van der Waals surface area (Å²) in [5.41, 5.74) is 0.878. The third kappa shape index (κ3) is 3.57. The van der Waals surface area contributed by atoms with E-state index in [1.165, 1.54) is 23.7 Å². The molecule has 1 amide bonds. The molecule has 0 saturated heterocycles. The van der Waals surface area contributed by atoms with Crippen LogP contribution < -0.4 is 5.32 Å². The zero-order valence-corrected chi connectivity index (χ0v) is 13.1. The van der Waals surface area contributed by atoms with Gasteiger partial charge in [-0.2, -0.15) is 0 Å². The average Bonchev–Trinajstić information content (AvgIpc) is 3.21. The number of nitrogens with one attached hydrogen (secondary N) is 1. The van der Waals surface area contributed by atoms with E-state index in [9.17, 15) is 9.59 Å². The van der Waals surface area contributed by atoms with Crippen LogP contribution in [-0.4, -0.2) is 22.9 Å². The van der Waals surface area contributed by atoms with Crippen molar-refractivity contribution in [1.82, 2.24) is 10.3 Å². The number of benzene rings is 1. The third-order valence-electron chi connectivity index (χ3n) is 3.12. The first kappa shape index (κ1) is 15.2. The molecule has 1 unspecified atom stereocenters. The van der Waals surface area contributed by atoms with Crippen molar-refractivity contribution in [2.45, 2.75) is 19.6 Å². The van der Waals surface area contributed by atoms with Crippen molar-refractivity contribution >= 4 is 33.4 Å². The highest BCUT2D eigenvalue weighted by Crippen LogP contribution is 2.22. The highest BCUT2D eigenvalue weighted by molar-refractivity contribution is 7.18. The standard InChI is InChI=1S/C16H14N2O4S/c1-10(17-15(19)12-6-4-8-21-12)16(20)22-9-14-18-11-5-2-3-7-13(11)23-14/h2-8,10H,9H2,1H3,(H,17,19). The maximum Gasteiger partial charge on any atom is 0.328 e. The number of carbonyl (C=O) groups excluding carboxylic acids is 2. The summed E-state index contributed by atoms with van der Waals surface area (Å²) in [5, 5.41) is 3.23. The van der Waals surface area contributed by atoms with Gasteiger partial charge in [-0.15, -0.1) is 11.3 Å². The van der Waals surface area contributed by atoms with Gasteiger partial charge in [0, 0.05) is 0 Å². The molecule has 0 bridgehead atoms. The molecule has 7 heteroatoms. The molecule has 0 aliphatic heterocycles. The second kappa shape index (κ2) is 6.62. The van der Waals surface area contributed by atoms with E-state index in [1.807, 2.05) is 24.3 Å². The summed E-state index contributed by atoms with van der Waals surface area (Å²) in [6.45, 7) is 1.64. The maximum absolute atomic E-state index is 11.9. The predicted octanol–water partition coefficient (Wildman–Crippen LogP) is 2.75. The monoisotopic (exact) mass is 330 g/mol. The average molecular weight is 330 g/mol. The van der Waals surface area contributed by atoms with Gasteiger partial charge < -0.3 is 14.5 Å². The summed E-state index contributed by atoms with van der Waals surface area (Å²) in [6, 6.07) is 10.1. The highest BCUT2D eigenvalue weighted by atomic mass is 32.1. The zero-order chi connectivity index (χ0) is 16.2. The first-order valence-corrected chi connectivity index (χ1v) is 7.80. The van der Waals surface area contributed by atoms with E-state index in [-0.39, 0.29) is 12.4 Å². The summed E-state index contributed by atoms with van der Waals surface area (Å²) in [7, 11) is 0. The molecule has 0 spiro atoms. The highest BCUT2D eigenvalue weighted by Gasteiger charge is 2.19. The first-order chi connectivity index (χ1) is 11.1. The number of ether oxygens (including phenoxy) is 1. The molecule has 23 heavy (non-hydrogen) atoms. The van der Waals surface area contributed by atoms with Gasteiger partial charge in [-0.1, -0.05) is 12.1 Å². The van der Waals surface area contributed by atoms with Crippen LogP contribution in [0.25, 0.3) is 10.2 Å². The number of aromatic nitrogens is 1. The molecule has 2 aromatic heterocycles. The van der Waals surface area contributed by atoms with Crippen LogP contribution in [0.15, 0.2) is 47.1 Å². The van der Waals surface area contributed by atoms with Crippen LogP contribution in [0.4, 0.5) is 0 Å². The van der Waals surface area contributed by atoms with Crippen molar-refractivity contribution in [3.05, 3.63) is 53.4 Å². The smallest absolute Gasteiger partial charge is 0.328 e. The number of rotatable bonds is 5. The minimum Gasteiger partial charge on any atom is -0.459 e. The number of amides is 1. The van der Waals surface area contributed by atoms with Gasteiger partial charge >= 0.3 is 5.97 Å². The lowest BCUT2D eigenvalue weighted by Gasteiger charge is -2.11. The van der Waals surface area contributed by atoms with Gasteiger partial charge in [0.25, 0.3) is 5.91 Å². The van der Waals surface area contributed by atoms with Crippen molar-refractivity contribution in [1.29, 1.82) is 0 Å². The molecule has 1 atom stereocenters. The molecule has 2 heterocycles. The van der Waals surface area contributed by atoms with Gasteiger partial charge in [0.05, 0.1) is 16.5 Å². The number of furan rings is 1. The van der Waals surface area contributed by atoms with E-state index in [2.05, 4.69) is 10.3 Å². The van der Waals surface area contributed by atoms with E-state index in [0.29, 0.717) is 5.01 Å². The van der Waals surface area contributed by atoms with Crippen LogP contribution in [-0.2, 0) is 16.1 Å². The Morgan fingerprint density at radius 3 is 2.87 bits per heavy atom. The van der Waals surface area contributed by atoms with Crippen molar-refractivity contribution in [3.63, 3.8) is 0 Å². The van der Waals surface area contributed by atoms with E-state index in [1.54, 1.807) is 13.0 Å². The van der Waals surface area contributed by atoms with Crippen LogP contribution in [0.1, 0.15) is 22.5 Å².